The molecule has 4 heterocycles. The molecular weight excluding hydrogens is 749 g/mol. The van der Waals surface area contributed by atoms with Crippen LogP contribution < -0.4 is 37.1 Å². The molecule has 0 saturated heterocycles. The number of benzene rings is 1. The lowest BCUT2D eigenvalue weighted by atomic mass is 10.1. The Hall–Kier alpha value is -6.89. The van der Waals surface area contributed by atoms with E-state index < -0.39 is 23.6 Å². The summed E-state index contributed by atoms with van der Waals surface area (Å²) < 4.78 is 18.8. The van der Waals surface area contributed by atoms with E-state index in [1.165, 1.54) is 37.0 Å². The lowest BCUT2D eigenvalue weighted by molar-refractivity contribution is 0.0921. The van der Waals surface area contributed by atoms with E-state index in [1.54, 1.807) is 35.5 Å². The molecule has 0 atom stereocenters. The molecule has 0 saturated carbocycles. The predicted molar refractivity (Wildman–Crippen MR) is 219 cm³/mol. The highest BCUT2D eigenvalue weighted by Gasteiger charge is 2.23. The second-order valence-corrected chi connectivity index (χ2v) is 12.8. The molecule has 5 rings (SSSR count). The van der Waals surface area contributed by atoms with Crippen molar-refractivity contribution in [2.45, 2.75) is 60.4 Å². The molecule has 19 nitrogen and oxygen atoms in total. The second kappa shape index (κ2) is 20.9. The van der Waals surface area contributed by atoms with Gasteiger partial charge in [0.2, 0.25) is 29.3 Å². The summed E-state index contributed by atoms with van der Waals surface area (Å²) in [6, 6.07) is 4.50. The third kappa shape index (κ3) is 11.1. The van der Waals surface area contributed by atoms with E-state index in [9.17, 15) is 19.2 Å². The van der Waals surface area contributed by atoms with Gasteiger partial charge < -0.3 is 45.1 Å². The maximum absolute atomic E-state index is 13.2. The van der Waals surface area contributed by atoms with Crippen LogP contribution in [-0.4, -0.2) is 88.3 Å². The number of nitrogens with one attached hydrogen (secondary N) is 3. The van der Waals surface area contributed by atoms with Crippen LogP contribution in [0.5, 0.6) is 5.75 Å². The topological polar surface area (TPSA) is 264 Å². The van der Waals surface area contributed by atoms with Crippen LogP contribution in [0, 0.1) is 13.8 Å². The number of hydrogen-bond donors (Lipinski definition) is 5. The highest BCUT2D eigenvalue weighted by atomic mass is 16.5. The van der Waals surface area contributed by atoms with Gasteiger partial charge in [0.25, 0.3) is 11.8 Å². The summed E-state index contributed by atoms with van der Waals surface area (Å²) in [5.41, 5.74) is 13.0. The molecule has 5 aromatic rings. The Labute approximate surface area is 335 Å². The number of allylic oxidation sites excluding steroid dienone is 1. The number of aliphatic imine (C=N–C) groups is 1. The number of carbonyl (C=O) groups excluding carboxylic acids is 4. The summed E-state index contributed by atoms with van der Waals surface area (Å²) in [5, 5.41) is 8.68. The van der Waals surface area contributed by atoms with Gasteiger partial charge in [-0.1, -0.05) is 39.3 Å². The number of primary amides is 2. The van der Waals surface area contributed by atoms with Crippen molar-refractivity contribution in [2.75, 3.05) is 43.6 Å². The van der Waals surface area contributed by atoms with Crippen LogP contribution in [0.3, 0.4) is 0 Å². The minimum absolute atomic E-state index is 0.0289. The fourth-order valence-electron chi connectivity index (χ4n) is 5.50. The van der Waals surface area contributed by atoms with Crippen molar-refractivity contribution in [3.8, 4) is 5.75 Å². The molecule has 0 aliphatic heterocycles. The largest absolute Gasteiger partial charge is 0.491 e. The third-order valence-electron chi connectivity index (χ3n) is 8.15. The van der Waals surface area contributed by atoms with Crippen LogP contribution in [-0.2, 0) is 13.0 Å². The first-order valence-electron chi connectivity index (χ1n) is 18.6. The van der Waals surface area contributed by atoms with Crippen LogP contribution in [0.25, 0.3) is 11.0 Å². The minimum Gasteiger partial charge on any atom is -0.491 e. The molecule has 7 N–H and O–H groups in total. The van der Waals surface area contributed by atoms with Gasteiger partial charge in [0.05, 0.1) is 36.2 Å². The van der Waals surface area contributed by atoms with Crippen LogP contribution >= 0.6 is 0 Å². The molecule has 1 aromatic carbocycles. The van der Waals surface area contributed by atoms with Gasteiger partial charge in [0.1, 0.15) is 17.0 Å². The van der Waals surface area contributed by atoms with E-state index in [4.69, 9.17) is 25.0 Å². The van der Waals surface area contributed by atoms with E-state index in [0.29, 0.717) is 66.1 Å². The number of imidazole rings is 1. The monoisotopic (exact) mass is 798 g/mol. The molecule has 0 fully saturated rings. The normalized spacial score (nSPS) is 10.9. The van der Waals surface area contributed by atoms with Crippen molar-refractivity contribution < 1.29 is 32.7 Å². The maximum atomic E-state index is 13.2. The van der Waals surface area contributed by atoms with Gasteiger partial charge in [-0.2, -0.15) is 0 Å². The summed E-state index contributed by atoms with van der Waals surface area (Å²) in [4.78, 5) is 73.6. The van der Waals surface area contributed by atoms with Gasteiger partial charge in [0, 0.05) is 38.7 Å². The average Bonchev–Trinajstić information content (AvgIpc) is 3.91. The molecular formula is C39H50N12O7. The van der Waals surface area contributed by atoms with Crippen LogP contribution in [0.2, 0.25) is 0 Å². The Kier molecular flexibility index (Phi) is 15.8. The van der Waals surface area contributed by atoms with Gasteiger partial charge in [-0.15, -0.1) is 0 Å². The van der Waals surface area contributed by atoms with Gasteiger partial charge in [-0.25, -0.2) is 19.9 Å². The highest BCUT2D eigenvalue weighted by molar-refractivity contribution is 6.03. The van der Waals surface area contributed by atoms with Crippen molar-refractivity contribution in [3.63, 3.8) is 0 Å². The van der Waals surface area contributed by atoms with Crippen molar-refractivity contribution in [2.24, 2.45) is 16.5 Å². The summed E-state index contributed by atoms with van der Waals surface area (Å²) in [7, 11) is 1.83. The van der Waals surface area contributed by atoms with Crippen LogP contribution in [0.4, 0.5) is 17.5 Å². The molecule has 4 aromatic heterocycles. The first-order valence-corrected chi connectivity index (χ1v) is 18.6. The number of amides is 4. The number of aryl methyl sites for hydroxylation is 3. The predicted octanol–water partition coefficient (Wildman–Crippen LogP) is 4.22. The lowest BCUT2D eigenvalue weighted by Gasteiger charge is -2.24. The highest BCUT2D eigenvalue weighted by Crippen LogP contribution is 2.32. The van der Waals surface area contributed by atoms with Crippen molar-refractivity contribution in [3.05, 3.63) is 82.9 Å². The molecule has 4 amide bonds. The quantitative estimate of drug-likeness (QED) is 0.0339. The molecule has 0 spiro atoms. The number of ether oxygens (including phenoxy) is 1. The minimum atomic E-state index is -0.696. The number of hydrogen-bond acceptors (Lipinski definition) is 14. The zero-order valence-corrected chi connectivity index (χ0v) is 33.5. The van der Waals surface area contributed by atoms with E-state index >= 15 is 0 Å². The molecule has 0 radical (unpaired) electrons. The summed E-state index contributed by atoms with van der Waals surface area (Å²) in [5.74, 6) is -0.969. The number of anilines is 2. The first-order chi connectivity index (χ1) is 27.8. The molecule has 308 valence electrons. The Balaban J connectivity index is 0.00000240. The number of rotatable bonds is 19. The van der Waals surface area contributed by atoms with Gasteiger partial charge in [-0.05, 0) is 51.4 Å². The van der Waals surface area contributed by atoms with Gasteiger partial charge in [-0.3, -0.25) is 29.5 Å². The lowest BCUT2D eigenvalue weighted by Crippen LogP contribution is -2.38. The molecule has 0 unspecified atom stereocenters. The van der Waals surface area contributed by atoms with Crippen LogP contribution in [0.15, 0.2) is 56.6 Å². The van der Waals surface area contributed by atoms with Gasteiger partial charge in [0.15, 0.2) is 17.6 Å². The number of nitrogens with two attached hydrogens (primary N) is 2. The number of carbonyl (C=O) groups is 4. The van der Waals surface area contributed by atoms with E-state index in [-0.39, 0.29) is 54.0 Å². The molecule has 0 aliphatic rings. The number of pyridine rings is 1. The second-order valence-electron chi connectivity index (χ2n) is 12.8. The summed E-state index contributed by atoms with van der Waals surface area (Å²) >= 11 is 0. The zero-order chi connectivity index (χ0) is 42.4. The first kappa shape index (κ1) is 43.8. The Bertz CT molecular complexity index is 2270. The zero-order valence-electron chi connectivity index (χ0n) is 33.5. The SMILES string of the molecule is C=Nc1cc(C(N)=O)cnc1N(C/C=C/Cn1c(NC(=O)c2cnc(C)o2)nc2cc(C(N)=O)cc(OCCCNC)c21)CNC(=O)c1oc(C)nc1CC.CCC. The smallest absolute Gasteiger partial charge is 0.295 e. The fourth-order valence-corrected chi connectivity index (χ4v) is 5.50. The Morgan fingerprint density at radius 1 is 0.966 bits per heavy atom. The molecule has 0 aliphatic carbocycles. The number of oxazole rings is 2. The van der Waals surface area contributed by atoms with Gasteiger partial charge >= 0.3 is 0 Å². The Morgan fingerprint density at radius 2 is 1.71 bits per heavy atom. The number of nitrogens with zero attached hydrogens (tertiary/aromatic N) is 7. The fraction of sp³-hybridized carbons (Fsp3) is 0.359. The van der Waals surface area contributed by atoms with E-state index in [2.05, 4.69) is 61.4 Å². The third-order valence-corrected chi connectivity index (χ3v) is 8.15. The summed E-state index contributed by atoms with van der Waals surface area (Å²) in [6.07, 6.45) is 8.60. The van der Waals surface area contributed by atoms with E-state index in [1.807, 2.05) is 14.0 Å². The van der Waals surface area contributed by atoms with Crippen molar-refractivity contribution >= 4 is 58.8 Å². The number of aromatic nitrogens is 5. The van der Waals surface area contributed by atoms with E-state index in [0.717, 1.165) is 0 Å². The standard InChI is InChI=1S/C36H42N12O7.C3H8/c1-6-24-30(55-21(3)44-24)35(52)43-19-47(33-26(40-5)15-23(17-42-33)32(38)50)11-7-8-12-48-29-25(45-36(48)46-34(51)28-18-41-20(2)54-28)14-22(31(37)49)16-27(29)53-13-9-10-39-4;1-3-2/h7-8,14-18,39H,5-6,9-13,19H2,1-4H3,(H2,37,49)(H2,38,50)(H,43,52)(H,45,46,51);3H2,1-2H3/b8-7+;. The maximum Gasteiger partial charge on any atom is 0.295 e. The molecule has 0 bridgehead atoms. The number of fused-ring (bicyclic) bond motifs is 1. The Morgan fingerprint density at radius 3 is 2.34 bits per heavy atom. The summed E-state index contributed by atoms with van der Waals surface area (Å²) in [6.45, 7) is 14.2. The van der Waals surface area contributed by atoms with Crippen molar-refractivity contribution in [1.82, 2.24) is 35.1 Å². The molecule has 19 heteroatoms. The van der Waals surface area contributed by atoms with Crippen molar-refractivity contribution in [1.29, 1.82) is 0 Å². The average molecular weight is 799 g/mol. The van der Waals surface area contributed by atoms with Crippen LogP contribution in [0.1, 0.15) is 92.9 Å². The molecule has 58 heavy (non-hydrogen) atoms.